The van der Waals surface area contributed by atoms with Gasteiger partial charge in [0.15, 0.2) is 5.16 Å². The smallest absolute Gasteiger partial charge is 0.186 e. The standard InChI is InChI=1S/C11H15N3OS/c1-11(2,3)14-10(12-8-13-14)16-7-9-5-4-6-15-9/h4-6,8H,7H2,1-3H3. The van der Waals surface area contributed by atoms with Crippen molar-refractivity contribution in [3.63, 3.8) is 0 Å². The average Bonchev–Trinajstić information content (AvgIpc) is 2.85. The number of hydrogen-bond acceptors (Lipinski definition) is 4. The van der Waals surface area contributed by atoms with E-state index < -0.39 is 0 Å². The van der Waals surface area contributed by atoms with Crippen molar-refractivity contribution in [1.82, 2.24) is 14.8 Å². The first-order valence-corrected chi connectivity index (χ1v) is 6.11. The van der Waals surface area contributed by atoms with Gasteiger partial charge >= 0.3 is 0 Å². The Hall–Kier alpha value is -1.23. The van der Waals surface area contributed by atoms with Crippen molar-refractivity contribution < 1.29 is 4.42 Å². The highest BCUT2D eigenvalue weighted by Crippen LogP contribution is 2.25. The third-order valence-electron chi connectivity index (χ3n) is 2.08. The molecule has 0 spiro atoms. The summed E-state index contributed by atoms with van der Waals surface area (Å²) >= 11 is 1.63. The maximum absolute atomic E-state index is 5.28. The molecule has 0 aromatic carbocycles. The molecular weight excluding hydrogens is 222 g/mol. The van der Waals surface area contributed by atoms with Crippen LogP contribution in [0.1, 0.15) is 26.5 Å². The Morgan fingerprint density at radius 2 is 2.25 bits per heavy atom. The summed E-state index contributed by atoms with van der Waals surface area (Å²) < 4.78 is 7.21. The van der Waals surface area contributed by atoms with E-state index in [1.165, 1.54) is 0 Å². The fourth-order valence-corrected chi connectivity index (χ4v) is 2.32. The van der Waals surface area contributed by atoms with Crippen molar-refractivity contribution in [1.29, 1.82) is 0 Å². The average molecular weight is 237 g/mol. The third kappa shape index (κ3) is 2.47. The van der Waals surface area contributed by atoms with Crippen LogP contribution in [0.3, 0.4) is 0 Å². The molecule has 0 bridgehead atoms. The van der Waals surface area contributed by atoms with Crippen LogP contribution in [0, 0.1) is 0 Å². The van der Waals surface area contributed by atoms with Crippen molar-refractivity contribution >= 4 is 11.8 Å². The number of thioether (sulfide) groups is 1. The lowest BCUT2D eigenvalue weighted by Crippen LogP contribution is -2.23. The number of furan rings is 1. The summed E-state index contributed by atoms with van der Waals surface area (Å²) in [5, 5.41) is 5.16. The van der Waals surface area contributed by atoms with Gasteiger partial charge in [-0.25, -0.2) is 9.67 Å². The van der Waals surface area contributed by atoms with Gasteiger partial charge in [0.2, 0.25) is 0 Å². The summed E-state index contributed by atoms with van der Waals surface area (Å²) in [6.45, 7) is 6.33. The minimum Gasteiger partial charge on any atom is -0.468 e. The molecule has 0 aliphatic carbocycles. The molecule has 86 valence electrons. The third-order valence-corrected chi connectivity index (χ3v) is 3.04. The zero-order chi connectivity index (χ0) is 11.6. The second-order valence-corrected chi connectivity index (χ2v) is 5.44. The molecular formula is C11H15N3OS. The molecule has 0 atom stereocenters. The topological polar surface area (TPSA) is 43.9 Å². The SMILES string of the molecule is CC(C)(C)n1ncnc1SCc1ccco1. The van der Waals surface area contributed by atoms with Gasteiger partial charge in [0.1, 0.15) is 12.1 Å². The lowest BCUT2D eigenvalue weighted by Gasteiger charge is -2.20. The molecule has 0 unspecified atom stereocenters. The van der Waals surface area contributed by atoms with Crippen LogP contribution in [-0.2, 0) is 11.3 Å². The molecule has 2 aromatic heterocycles. The highest BCUT2D eigenvalue weighted by molar-refractivity contribution is 7.98. The highest BCUT2D eigenvalue weighted by Gasteiger charge is 2.18. The monoisotopic (exact) mass is 237 g/mol. The second-order valence-electron chi connectivity index (χ2n) is 4.49. The van der Waals surface area contributed by atoms with Crippen LogP contribution in [0.4, 0.5) is 0 Å². The lowest BCUT2D eigenvalue weighted by atomic mass is 10.1. The van der Waals surface area contributed by atoms with Crippen LogP contribution in [0.15, 0.2) is 34.3 Å². The largest absolute Gasteiger partial charge is 0.468 e. The summed E-state index contributed by atoms with van der Waals surface area (Å²) in [6, 6.07) is 3.86. The van der Waals surface area contributed by atoms with E-state index in [9.17, 15) is 0 Å². The Bertz CT molecular complexity index is 442. The first kappa shape index (κ1) is 11.3. The molecule has 0 aliphatic rings. The Morgan fingerprint density at radius 1 is 1.44 bits per heavy atom. The van der Waals surface area contributed by atoms with Crippen molar-refractivity contribution in [3.05, 3.63) is 30.5 Å². The maximum Gasteiger partial charge on any atom is 0.186 e. The van der Waals surface area contributed by atoms with Crippen LogP contribution in [0.25, 0.3) is 0 Å². The molecule has 0 aliphatic heterocycles. The van der Waals surface area contributed by atoms with Crippen LogP contribution >= 0.6 is 11.8 Å². The molecule has 2 rings (SSSR count). The molecule has 0 radical (unpaired) electrons. The van der Waals surface area contributed by atoms with Crippen molar-refractivity contribution in [2.24, 2.45) is 0 Å². The van der Waals surface area contributed by atoms with E-state index in [4.69, 9.17) is 4.42 Å². The number of rotatable bonds is 3. The van der Waals surface area contributed by atoms with Crippen LogP contribution in [0.5, 0.6) is 0 Å². The van der Waals surface area contributed by atoms with E-state index >= 15 is 0 Å². The van der Waals surface area contributed by atoms with Crippen LogP contribution < -0.4 is 0 Å². The summed E-state index contributed by atoms with van der Waals surface area (Å²) in [5.74, 6) is 1.73. The fourth-order valence-electron chi connectivity index (χ4n) is 1.32. The predicted octanol–water partition coefficient (Wildman–Crippen LogP) is 2.92. The first-order valence-electron chi connectivity index (χ1n) is 5.13. The van der Waals surface area contributed by atoms with E-state index in [1.807, 2.05) is 16.8 Å². The Kier molecular flexibility index (Phi) is 3.05. The van der Waals surface area contributed by atoms with Gasteiger partial charge in [-0.2, -0.15) is 5.10 Å². The number of aromatic nitrogens is 3. The zero-order valence-corrected chi connectivity index (χ0v) is 10.5. The van der Waals surface area contributed by atoms with E-state index in [2.05, 4.69) is 30.9 Å². The summed E-state index contributed by atoms with van der Waals surface area (Å²) in [6.07, 6.45) is 3.28. The number of hydrogen-bond donors (Lipinski definition) is 0. The Balaban J connectivity index is 2.08. The summed E-state index contributed by atoms with van der Waals surface area (Å²) in [5.41, 5.74) is -0.0397. The minimum atomic E-state index is -0.0397. The molecule has 0 fully saturated rings. The fraction of sp³-hybridized carbons (Fsp3) is 0.455. The summed E-state index contributed by atoms with van der Waals surface area (Å²) in [7, 11) is 0. The van der Waals surface area contributed by atoms with Gasteiger partial charge in [-0.1, -0.05) is 11.8 Å². The van der Waals surface area contributed by atoms with Crippen molar-refractivity contribution in [3.8, 4) is 0 Å². The lowest BCUT2D eigenvalue weighted by molar-refractivity contribution is 0.326. The van der Waals surface area contributed by atoms with Gasteiger partial charge in [0, 0.05) is 0 Å². The van der Waals surface area contributed by atoms with E-state index in [0.29, 0.717) is 0 Å². The zero-order valence-electron chi connectivity index (χ0n) is 9.67. The van der Waals surface area contributed by atoms with Crippen LogP contribution in [-0.4, -0.2) is 14.8 Å². The van der Waals surface area contributed by atoms with Gasteiger partial charge in [0.05, 0.1) is 17.6 Å². The summed E-state index contributed by atoms with van der Waals surface area (Å²) in [4.78, 5) is 4.26. The molecule has 5 heteroatoms. The minimum absolute atomic E-state index is 0.0397. The van der Waals surface area contributed by atoms with Crippen molar-refractivity contribution in [2.75, 3.05) is 0 Å². The molecule has 0 saturated carbocycles. The number of nitrogens with zero attached hydrogens (tertiary/aromatic N) is 3. The first-order chi connectivity index (χ1) is 7.57. The normalized spacial score (nSPS) is 11.9. The molecule has 4 nitrogen and oxygen atoms in total. The second kappa shape index (κ2) is 4.33. The molecule has 2 aromatic rings. The molecule has 0 N–H and O–H groups in total. The Morgan fingerprint density at radius 3 is 2.88 bits per heavy atom. The van der Waals surface area contributed by atoms with Crippen molar-refractivity contribution in [2.45, 2.75) is 37.2 Å². The van der Waals surface area contributed by atoms with Crippen LogP contribution in [0.2, 0.25) is 0 Å². The van der Waals surface area contributed by atoms with E-state index in [1.54, 1.807) is 24.4 Å². The molecule has 0 saturated heterocycles. The maximum atomic E-state index is 5.28. The van der Waals surface area contributed by atoms with Gasteiger partial charge in [-0.05, 0) is 32.9 Å². The molecule has 2 heterocycles. The Labute approximate surface area is 99.1 Å². The van der Waals surface area contributed by atoms with Gasteiger partial charge in [-0.3, -0.25) is 0 Å². The highest BCUT2D eigenvalue weighted by atomic mass is 32.2. The quantitative estimate of drug-likeness (QED) is 0.770. The molecule has 0 amide bonds. The molecule has 16 heavy (non-hydrogen) atoms. The van der Waals surface area contributed by atoms with Gasteiger partial charge in [-0.15, -0.1) is 0 Å². The van der Waals surface area contributed by atoms with E-state index in [-0.39, 0.29) is 5.54 Å². The van der Waals surface area contributed by atoms with E-state index in [0.717, 1.165) is 16.7 Å². The van der Waals surface area contributed by atoms with Gasteiger partial charge < -0.3 is 4.42 Å². The van der Waals surface area contributed by atoms with Gasteiger partial charge in [0.25, 0.3) is 0 Å². The predicted molar refractivity (Wildman–Crippen MR) is 63.3 cm³/mol.